The van der Waals surface area contributed by atoms with Gasteiger partial charge in [0.15, 0.2) is 0 Å². The summed E-state index contributed by atoms with van der Waals surface area (Å²) in [6, 6.07) is 0.143. The van der Waals surface area contributed by atoms with Crippen LogP contribution in [0.5, 0.6) is 0 Å². The summed E-state index contributed by atoms with van der Waals surface area (Å²) in [4.78, 5) is 37.3. The van der Waals surface area contributed by atoms with Crippen LogP contribution in [0.4, 0.5) is 32.3 Å². The molecule has 1 atom stereocenters. The number of carbonyl (C=O) groups excluding carboxylic acids is 1. The van der Waals surface area contributed by atoms with Crippen LogP contribution in [0.15, 0.2) is 23.3 Å². The maximum Gasteiger partial charge on any atom is 0.421 e. The molecule has 2 saturated heterocycles. The molecule has 0 aromatic carbocycles. The molecule has 0 unspecified atom stereocenters. The zero-order chi connectivity index (χ0) is 27.2. The van der Waals surface area contributed by atoms with Crippen molar-refractivity contribution in [1.82, 2.24) is 30.0 Å². The largest absolute Gasteiger partial charge is 0.421 e. The van der Waals surface area contributed by atoms with E-state index in [0.717, 1.165) is 6.07 Å². The summed E-state index contributed by atoms with van der Waals surface area (Å²) < 4.78 is 78.0. The van der Waals surface area contributed by atoms with Gasteiger partial charge in [-0.15, -0.1) is 0 Å². The molecule has 2 aliphatic rings. The van der Waals surface area contributed by atoms with Crippen molar-refractivity contribution in [3.63, 3.8) is 0 Å². The van der Waals surface area contributed by atoms with E-state index in [9.17, 15) is 35.9 Å². The Bertz CT molecular complexity index is 1190. The van der Waals surface area contributed by atoms with E-state index in [0.29, 0.717) is 38.4 Å². The first kappa shape index (κ1) is 26.8. The number of rotatable bonds is 4. The van der Waals surface area contributed by atoms with Crippen LogP contribution >= 0.6 is 0 Å². The highest BCUT2D eigenvalue weighted by Crippen LogP contribution is 2.42. The van der Waals surface area contributed by atoms with Gasteiger partial charge in [0.1, 0.15) is 5.56 Å². The Morgan fingerprint density at radius 3 is 2.24 bits per heavy atom. The molecule has 0 spiro atoms. The molecule has 2 aliphatic heterocycles. The minimum Gasteiger partial charge on any atom is -0.338 e. The molecule has 2 aromatic heterocycles. The molecule has 202 valence electrons. The first-order chi connectivity index (χ1) is 17.1. The fraction of sp³-hybridized carbons (Fsp3) is 0.591. The monoisotopic (exact) mass is 533 g/mol. The van der Waals surface area contributed by atoms with Crippen molar-refractivity contribution in [2.24, 2.45) is 5.41 Å². The Kier molecular flexibility index (Phi) is 6.94. The third-order valence-electron chi connectivity index (χ3n) is 6.51. The van der Waals surface area contributed by atoms with Crippen molar-refractivity contribution in [1.29, 1.82) is 0 Å². The number of nitrogens with zero attached hydrogens (tertiary/aromatic N) is 6. The maximum absolute atomic E-state index is 13.3. The molecule has 4 rings (SSSR count). The van der Waals surface area contributed by atoms with Crippen LogP contribution < -0.4 is 10.5 Å². The number of amides is 1. The van der Waals surface area contributed by atoms with Crippen molar-refractivity contribution < 1.29 is 31.1 Å². The Labute approximate surface area is 207 Å². The molecule has 4 heterocycles. The fourth-order valence-corrected chi connectivity index (χ4v) is 4.70. The van der Waals surface area contributed by atoms with Crippen molar-refractivity contribution >= 4 is 11.9 Å². The van der Waals surface area contributed by atoms with Gasteiger partial charge < -0.3 is 9.80 Å². The Morgan fingerprint density at radius 1 is 1.05 bits per heavy atom. The minimum atomic E-state index is -4.84. The van der Waals surface area contributed by atoms with E-state index in [1.54, 1.807) is 14.7 Å². The van der Waals surface area contributed by atoms with Gasteiger partial charge in [-0.05, 0) is 17.9 Å². The molecule has 0 aliphatic carbocycles. The summed E-state index contributed by atoms with van der Waals surface area (Å²) in [6.45, 7) is 5.41. The number of alkyl halides is 6. The highest BCUT2D eigenvalue weighted by atomic mass is 19.4. The molecule has 1 amide bonds. The molecule has 2 aromatic rings. The summed E-state index contributed by atoms with van der Waals surface area (Å²) in [6.07, 6.45) is -7.51. The van der Waals surface area contributed by atoms with Gasteiger partial charge in [-0.2, -0.15) is 31.4 Å². The lowest BCUT2D eigenvalue weighted by Gasteiger charge is -2.36. The van der Waals surface area contributed by atoms with Gasteiger partial charge in [-0.3, -0.25) is 14.5 Å². The number of anilines is 1. The molecule has 15 heteroatoms. The molecule has 2 fully saturated rings. The topological polar surface area (TPSA) is 98.3 Å². The number of aromatic amines is 1. The predicted molar refractivity (Wildman–Crippen MR) is 118 cm³/mol. The number of carbonyl (C=O) groups is 1. The molecule has 37 heavy (non-hydrogen) atoms. The number of likely N-dealkylation sites (tertiary alicyclic amines) is 1. The molecule has 0 bridgehead atoms. The number of aromatic nitrogens is 4. The lowest BCUT2D eigenvalue weighted by molar-refractivity contribution is -0.139. The van der Waals surface area contributed by atoms with E-state index in [1.807, 2.05) is 18.9 Å². The Hall–Kier alpha value is -3.23. The second-order valence-electron chi connectivity index (χ2n) is 9.96. The molecular weight excluding hydrogens is 508 g/mol. The standard InChI is InChI=1S/C22H25F6N7O2/c1-20(2)8-16(15-7-14(22(26,27)28)18(37)32-31-15)35(12-20)11-17(36)33-3-5-34(6-4-33)19-29-9-13(10-30-19)21(23,24)25/h7,9-10,16H,3-6,8,11-12H2,1-2H3,(H,32,37)/t16-/m1/s1. The smallest absolute Gasteiger partial charge is 0.338 e. The second kappa shape index (κ2) is 9.58. The Morgan fingerprint density at radius 2 is 1.68 bits per heavy atom. The lowest BCUT2D eigenvalue weighted by Crippen LogP contribution is -2.51. The number of halogens is 6. The van der Waals surface area contributed by atoms with Crippen LogP contribution in [0.25, 0.3) is 0 Å². The van der Waals surface area contributed by atoms with E-state index in [2.05, 4.69) is 15.1 Å². The number of piperazine rings is 1. The van der Waals surface area contributed by atoms with Crippen LogP contribution in [0, 0.1) is 5.41 Å². The van der Waals surface area contributed by atoms with E-state index in [-0.39, 0.29) is 42.6 Å². The molecule has 9 nitrogen and oxygen atoms in total. The van der Waals surface area contributed by atoms with Crippen LogP contribution in [-0.4, -0.2) is 75.1 Å². The van der Waals surface area contributed by atoms with Crippen LogP contribution in [0.3, 0.4) is 0 Å². The second-order valence-corrected chi connectivity index (χ2v) is 9.96. The van der Waals surface area contributed by atoms with Gasteiger partial charge in [0.2, 0.25) is 11.9 Å². The third kappa shape index (κ3) is 6.02. The summed E-state index contributed by atoms with van der Waals surface area (Å²) >= 11 is 0. The van der Waals surface area contributed by atoms with Crippen LogP contribution in [-0.2, 0) is 17.1 Å². The van der Waals surface area contributed by atoms with Crippen molar-refractivity contribution in [3.8, 4) is 0 Å². The van der Waals surface area contributed by atoms with Gasteiger partial charge >= 0.3 is 12.4 Å². The van der Waals surface area contributed by atoms with E-state index >= 15 is 0 Å². The van der Waals surface area contributed by atoms with Crippen molar-refractivity contribution in [2.75, 3.05) is 44.2 Å². The van der Waals surface area contributed by atoms with Gasteiger partial charge in [-0.1, -0.05) is 13.8 Å². The molecule has 1 N–H and O–H groups in total. The fourth-order valence-electron chi connectivity index (χ4n) is 4.70. The average molecular weight is 533 g/mol. The average Bonchev–Trinajstić information content (AvgIpc) is 3.12. The van der Waals surface area contributed by atoms with Gasteiger partial charge in [0.05, 0.1) is 23.8 Å². The first-order valence-corrected chi connectivity index (χ1v) is 11.5. The normalized spacial score (nSPS) is 20.9. The van der Waals surface area contributed by atoms with E-state index < -0.39 is 35.1 Å². The van der Waals surface area contributed by atoms with E-state index in [4.69, 9.17) is 0 Å². The van der Waals surface area contributed by atoms with Gasteiger partial charge in [-0.25, -0.2) is 15.1 Å². The number of hydrogen-bond acceptors (Lipinski definition) is 7. The zero-order valence-corrected chi connectivity index (χ0v) is 20.0. The van der Waals surface area contributed by atoms with Crippen molar-refractivity contribution in [2.45, 2.75) is 38.7 Å². The highest BCUT2D eigenvalue weighted by Gasteiger charge is 2.42. The number of hydrogen-bond donors (Lipinski definition) is 1. The predicted octanol–water partition coefficient (Wildman–Crippen LogP) is 2.72. The van der Waals surface area contributed by atoms with Gasteiger partial charge in [0, 0.05) is 45.1 Å². The Balaban J connectivity index is 1.41. The number of nitrogens with one attached hydrogen (secondary N) is 1. The molecule has 0 saturated carbocycles. The molecular formula is C22H25F6N7O2. The minimum absolute atomic E-state index is 0.0366. The maximum atomic E-state index is 13.3. The summed E-state index contributed by atoms with van der Waals surface area (Å²) in [7, 11) is 0. The molecule has 0 radical (unpaired) electrons. The van der Waals surface area contributed by atoms with Crippen LogP contribution in [0.2, 0.25) is 0 Å². The van der Waals surface area contributed by atoms with Crippen molar-refractivity contribution in [3.05, 3.63) is 45.6 Å². The zero-order valence-electron chi connectivity index (χ0n) is 20.0. The first-order valence-electron chi connectivity index (χ1n) is 11.5. The third-order valence-corrected chi connectivity index (χ3v) is 6.51. The van der Waals surface area contributed by atoms with Crippen LogP contribution in [0.1, 0.15) is 43.1 Å². The van der Waals surface area contributed by atoms with E-state index in [1.165, 1.54) is 0 Å². The summed E-state index contributed by atoms with van der Waals surface area (Å²) in [5.74, 6) is -0.109. The number of H-pyrrole nitrogens is 1. The quantitative estimate of drug-likeness (QED) is 0.604. The van der Waals surface area contributed by atoms with Gasteiger partial charge in [0.25, 0.3) is 5.56 Å². The highest BCUT2D eigenvalue weighted by molar-refractivity contribution is 5.78. The summed E-state index contributed by atoms with van der Waals surface area (Å²) in [5, 5.41) is 5.76. The summed E-state index contributed by atoms with van der Waals surface area (Å²) in [5.41, 5.74) is -3.89. The SMILES string of the molecule is CC1(C)C[C@H](c2cc(C(F)(F)F)c(=O)[nH]n2)N(CC(=O)N2CCN(c3ncc(C(F)(F)F)cn3)CC2)C1. The lowest BCUT2D eigenvalue weighted by atomic mass is 9.90.